The molecule has 0 saturated heterocycles. The molecule has 5 rings (SSSR count). The van der Waals surface area contributed by atoms with E-state index in [1.165, 1.54) is 29.0 Å². The average molecular weight is 666 g/mol. The smallest absolute Gasteiger partial charge is 0.242 e. The zero-order chi connectivity index (χ0) is 34.2. The number of carbonyl (C=O) groups excluding carboxylic acids is 1. The Morgan fingerprint density at radius 2 is 1.52 bits per heavy atom. The van der Waals surface area contributed by atoms with E-state index < -0.39 is 11.6 Å². The molecule has 1 amide bonds. The van der Waals surface area contributed by atoms with Gasteiger partial charge in [0.15, 0.2) is 11.6 Å². The van der Waals surface area contributed by atoms with Gasteiger partial charge in [-0.05, 0) is 65.0 Å². The van der Waals surface area contributed by atoms with Crippen molar-refractivity contribution in [2.45, 2.75) is 45.9 Å². The fourth-order valence-corrected chi connectivity index (χ4v) is 6.98. The molecule has 1 aliphatic heterocycles. The highest BCUT2D eigenvalue weighted by Crippen LogP contribution is 2.40. The van der Waals surface area contributed by atoms with Crippen molar-refractivity contribution in [1.29, 1.82) is 0 Å². The van der Waals surface area contributed by atoms with Crippen molar-refractivity contribution in [1.82, 2.24) is 9.80 Å². The predicted molar refractivity (Wildman–Crippen MR) is 198 cm³/mol. The molecule has 250 valence electrons. The summed E-state index contributed by atoms with van der Waals surface area (Å²) in [7, 11) is 0. The Kier molecular flexibility index (Phi) is 11.9. The molecule has 0 radical (unpaired) electrons. The lowest BCUT2D eigenvalue weighted by molar-refractivity contribution is -0.130. The molecule has 0 atom stereocenters. The number of thioether (sulfide) groups is 1. The van der Waals surface area contributed by atoms with E-state index in [-0.39, 0.29) is 23.8 Å². The van der Waals surface area contributed by atoms with Crippen molar-refractivity contribution in [3.05, 3.63) is 143 Å². The number of para-hydroxylation sites is 1. The van der Waals surface area contributed by atoms with Crippen LogP contribution in [0.15, 0.2) is 109 Å². The monoisotopic (exact) mass is 665 g/mol. The lowest BCUT2D eigenvalue weighted by Gasteiger charge is -2.35. The molecular formula is C41H45F2N3OS. The Labute approximate surface area is 288 Å². The highest BCUT2D eigenvalue weighted by Gasteiger charge is 2.27. The van der Waals surface area contributed by atoms with Gasteiger partial charge in [-0.1, -0.05) is 113 Å². The number of fused-ring (bicyclic) bond motifs is 1. The number of carbonyl (C=O) groups is 1. The predicted octanol–water partition coefficient (Wildman–Crippen LogP) is 9.73. The molecule has 0 spiro atoms. The van der Waals surface area contributed by atoms with Crippen LogP contribution in [-0.4, -0.2) is 48.4 Å². The van der Waals surface area contributed by atoms with Crippen LogP contribution in [0.4, 0.5) is 14.5 Å². The van der Waals surface area contributed by atoms with Gasteiger partial charge in [-0.25, -0.2) is 8.78 Å². The van der Waals surface area contributed by atoms with E-state index in [1.54, 1.807) is 6.07 Å². The van der Waals surface area contributed by atoms with Crippen LogP contribution in [0.5, 0.6) is 0 Å². The van der Waals surface area contributed by atoms with Crippen molar-refractivity contribution in [2.75, 3.05) is 37.6 Å². The SMILES string of the molecule is C=C1C=C(SCc2cccc(F)c2F)N(CC(=O)N(CCN(CC)CC)Cc2ccc(-c3ccc(C(C)C)cc3)cc2)c2ccccc21. The molecule has 0 bridgehead atoms. The average Bonchev–Trinajstić information content (AvgIpc) is 3.10. The Hall–Kier alpha value is -4.20. The molecule has 0 fully saturated rings. The number of nitrogens with zero attached hydrogens (tertiary/aromatic N) is 3. The van der Waals surface area contributed by atoms with Crippen molar-refractivity contribution in [3.8, 4) is 11.1 Å². The van der Waals surface area contributed by atoms with Crippen LogP contribution in [0.3, 0.4) is 0 Å². The van der Waals surface area contributed by atoms with Gasteiger partial charge < -0.3 is 14.7 Å². The maximum absolute atomic E-state index is 14.6. The number of anilines is 1. The quantitative estimate of drug-likeness (QED) is 0.134. The second kappa shape index (κ2) is 16.3. The van der Waals surface area contributed by atoms with Gasteiger partial charge in [-0.3, -0.25) is 4.79 Å². The zero-order valence-corrected chi connectivity index (χ0v) is 29.2. The van der Waals surface area contributed by atoms with E-state index in [1.807, 2.05) is 40.1 Å². The summed E-state index contributed by atoms with van der Waals surface area (Å²) in [6.07, 6.45) is 1.93. The fourth-order valence-electron chi connectivity index (χ4n) is 5.91. The van der Waals surface area contributed by atoms with Crippen LogP contribution in [0.1, 0.15) is 55.9 Å². The number of benzene rings is 4. The number of halogens is 2. The molecule has 0 N–H and O–H groups in total. The minimum atomic E-state index is -0.867. The molecule has 7 heteroatoms. The van der Waals surface area contributed by atoms with Crippen molar-refractivity contribution in [3.63, 3.8) is 0 Å². The molecule has 0 unspecified atom stereocenters. The van der Waals surface area contributed by atoms with Crippen molar-refractivity contribution < 1.29 is 13.6 Å². The molecule has 0 aliphatic carbocycles. The molecular weight excluding hydrogens is 621 g/mol. The van der Waals surface area contributed by atoms with Gasteiger partial charge in [0.05, 0.1) is 5.03 Å². The summed E-state index contributed by atoms with van der Waals surface area (Å²) in [6.45, 7) is 16.7. The van der Waals surface area contributed by atoms with Crippen LogP contribution in [0, 0.1) is 11.6 Å². The van der Waals surface area contributed by atoms with Crippen LogP contribution >= 0.6 is 11.8 Å². The summed E-state index contributed by atoms with van der Waals surface area (Å²) in [5.74, 6) is -1.02. The van der Waals surface area contributed by atoms with E-state index >= 15 is 0 Å². The molecule has 1 heterocycles. The highest BCUT2D eigenvalue weighted by atomic mass is 32.2. The largest absolute Gasteiger partial charge is 0.336 e. The van der Waals surface area contributed by atoms with Gasteiger partial charge in [0.25, 0.3) is 0 Å². The van der Waals surface area contributed by atoms with Crippen molar-refractivity contribution >= 4 is 28.9 Å². The third-order valence-electron chi connectivity index (χ3n) is 8.98. The van der Waals surface area contributed by atoms with Gasteiger partial charge >= 0.3 is 0 Å². The van der Waals surface area contributed by atoms with Crippen molar-refractivity contribution in [2.24, 2.45) is 0 Å². The lowest BCUT2D eigenvalue weighted by atomic mass is 9.98. The van der Waals surface area contributed by atoms with E-state index in [0.717, 1.165) is 58.7 Å². The Morgan fingerprint density at radius 3 is 2.19 bits per heavy atom. The second-order valence-corrected chi connectivity index (χ2v) is 13.4. The Bertz CT molecular complexity index is 1750. The maximum Gasteiger partial charge on any atom is 0.242 e. The first-order valence-electron chi connectivity index (χ1n) is 16.7. The molecule has 4 nitrogen and oxygen atoms in total. The summed E-state index contributed by atoms with van der Waals surface area (Å²) >= 11 is 1.37. The van der Waals surface area contributed by atoms with Crippen LogP contribution < -0.4 is 4.90 Å². The second-order valence-electron chi connectivity index (χ2n) is 12.4. The molecule has 0 saturated carbocycles. The molecule has 48 heavy (non-hydrogen) atoms. The number of likely N-dealkylation sites (N-methyl/N-ethyl adjacent to an activating group) is 1. The molecule has 1 aliphatic rings. The summed E-state index contributed by atoms with van der Waals surface area (Å²) in [6, 6.07) is 29.3. The third kappa shape index (κ3) is 8.44. The number of allylic oxidation sites excluding steroid dienone is 2. The summed E-state index contributed by atoms with van der Waals surface area (Å²) in [4.78, 5) is 20.5. The number of hydrogen-bond donors (Lipinski definition) is 0. The van der Waals surface area contributed by atoms with Crippen LogP contribution in [0.2, 0.25) is 0 Å². The number of hydrogen-bond acceptors (Lipinski definition) is 4. The third-order valence-corrected chi connectivity index (χ3v) is 10.1. The highest BCUT2D eigenvalue weighted by molar-refractivity contribution is 8.02. The Balaban J connectivity index is 1.38. The first kappa shape index (κ1) is 35.1. The first-order chi connectivity index (χ1) is 23.2. The minimum absolute atomic E-state index is 0.0127. The zero-order valence-electron chi connectivity index (χ0n) is 28.4. The van der Waals surface area contributed by atoms with Gasteiger partial charge in [-0.2, -0.15) is 0 Å². The number of rotatable bonds is 14. The van der Waals surface area contributed by atoms with Crippen LogP contribution in [-0.2, 0) is 17.1 Å². The normalized spacial score (nSPS) is 12.8. The maximum atomic E-state index is 14.6. The minimum Gasteiger partial charge on any atom is -0.336 e. The molecule has 0 aromatic heterocycles. The Morgan fingerprint density at radius 1 is 0.854 bits per heavy atom. The topological polar surface area (TPSA) is 26.8 Å². The van der Waals surface area contributed by atoms with Gasteiger partial charge in [0, 0.05) is 42.2 Å². The van der Waals surface area contributed by atoms with Gasteiger partial charge in [0.2, 0.25) is 5.91 Å². The standard InChI is InChI=1S/C41H45F2N3OS/c1-6-44(7-2)23-24-45(26-31-15-17-33(18-16-31)34-21-19-32(20-22-34)29(3)4)39(47)27-46-38-14-9-8-12-36(38)30(5)25-40(46)48-28-35-11-10-13-37(42)41(35)43/h8-22,25,29H,5-7,23-24,26-28H2,1-4H3. The lowest BCUT2D eigenvalue weighted by Crippen LogP contribution is -2.43. The van der Waals surface area contributed by atoms with Crippen LogP contribution in [0.25, 0.3) is 16.7 Å². The van der Waals surface area contributed by atoms with E-state index in [4.69, 9.17) is 0 Å². The van der Waals surface area contributed by atoms with Gasteiger partial charge in [-0.15, -0.1) is 11.8 Å². The summed E-state index contributed by atoms with van der Waals surface area (Å²) < 4.78 is 28.5. The first-order valence-corrected chi connectivity index (χ1v) is 17.7. The van der Waals surface area contributed by atoms with E-state index in [2.05, 4.69) is 87.7 Å². The molecule has 4 aromatic carbocycles. The van der Waals surface area contributed by atoms with E-state index in [0.29, 0.717) is 19.0 Å². The number of amides is 1. The summed E-state index contributed by atoms with van der Waals surface area (Å²) in [5, 5.41) is 0.771. The summed E-state index contributed by atoms with van der Waals surface area (Å²) in [5.41, 5.74) is 7.59. The molecule has 4 aromatic rings. The van der Waals surface area contributed by atoms with Gasteiger partial charge in [0.1, 0.15) is 6.54 Å². The fraction of sp³-hybridized carbons (Fsp3) is 0.293. The van der Waals surface area contributed by atoms with E-state index in [9.17, 15) is 13.6 Å².